The first-order valence-corrected chi connectivity index (χ1v) is 9.02. The van der Waals surface area contributed by atoms with Crippen molar-refractivity contribution in [2.75, 3.05) is 13.2 Å². The van der Waals surface area contributed by atoms with Gasteiger partial charge in [0.2, 0.25) is 0 Å². The standard InChI is InChI=1S/C18H28BrNO/c1-14(2)20-13-16(7-10-18-4-3-11-21-18)12-15-5-8-17(19)9-6-15/h5-6,8-9,14,16,18,20H,3-4,7,10-13H2,1-2H3. The fourth-order valence-electron chi connectivity index (χ4n) is 2.93. The van der Waals surface area contributed by atoms with Crippen LogP contribution in [0.3, 0.4) is 0 Å². The second-order valence-corrected chi connectivity index (χ2v) is 7.39. The highest BCUT2D eigenvalue weighted by Gasteiger charge is 2.18. The molecule has 0 spiro atoms. The summed E-state index contributed by atoms with van der Waals surface area (Å²) < 4.78 is 6.92. The van der Waals surface area contributed by atoms with Gasteiger partial charge < -0.3 is 10.1 Å². The lowest BCUT2D eigenvalue weighted by Gasteiger charge is -2.21. The normalized spacial score (nSPS) is 20.1. The maximum absolute atomic E-state index is 5.77. The molecule has 3 heteroatoms. The summed E-state index contributed by atoms with van der Waals surface area (Å²) in [5, 5.41) is 3.60. The third-order valence-corrected chi connectivity index (χ3v) is 4.70. The minimum absolute atomic E-state index is 0.511. The van der Waals surface area contributed by atoms with E-state index in [1.165, 1.54) is 31.2 Å². The number of ether oxygens (including phenoxy) is 1. The van der Waals surface area contributed by atoms with E-state index in [1.54, 1.807) is 0 Å². The van der Waals surface area contributed by atoms with E-state index >= 15 is 0 Å². The van der Waals surface area contributed by atoms with Crippen LogP contribution in [0.1, 0.15) is 45.1 Å². The molecular formula is C18H28BrNO. The Kier molecular flexibility index (Phi) is 7.21. The molecule has 1 aliphatic rings. The van der Waals surface area contributed by atoms with E-state index in [0.29, 0.717) is 18.1 Å². The van der Waals surface area contributed by atoms with E-state index in [9.17, 15) is 0 Å². The molecule has 1 heterocycles. The molecule has 1 aliphatic heterocycles. The van der Waals surface area contributed by atoms with E-state index in [4.69, 9.17) is 4.74 Å². The third kappa shape index (κ3) is 6.50. The first kappa shape index (κ1) is 17.0. The van der Waals surface area contributed by atoms with Gasteiger partial charge in [0.05, 0.1) is 6.10 Å². The number of nitrogens with one attached hydrogen (secondary N) is 1. The number of rotatable bonds is 8. The van der Waals surface area contributed by atoms with Crippen molar-refractivity contribution in [1.29, 1.82) is 0 Å². The highest BCUT2D eigenvalue weighted by molar-refractivity contribution is 9.10. The lowest BCUT2D eigenvalue weighted by Crippen LogP contribution is -2.30. The van der Waals surface area contributed by atoms with E-state index in [2.05, 4.69) is 59.4 Å². The highest BCUT2D eigenvalue weighted by Crippen LogP contribution is 2.22. The van der Waals surface area contributed by atoms with Gasteiger partial charge in [-0.05, 0) is 62.3 Å². The molecular weight excluding hydrogens is 326 g/mol. The topological polar surface area (TPSA) is 21.3 Å². The van der Waals surface area contributed by atoms with Gasteiger partial charge in [-0.15, -0.1) is 0 Å². The van der Waals surface area contributed by atoms with E-state index in [0.717, 1.165) is 24.0 Å². The number of hydrogen-bond acceptors (Lipinski definition) is 2. The second-order valence-electron chi connectivity index (χ2n) is 6.47. The van der Waals surface area contributed by atoms with Gasteiger partial charge in [-0.3, -0.25) is 0 Å². The van der Waals surface area contributed by atoms with Gasteiger partial charge >= 0.3 is 0 Å². The smallest absolute Gasteiger partial charge is 0.0576 e. The van der Waals surface area contributed by atoms with Crippen molar-refractivity contribution in [2.45, 2.75) is 58.1 Å². The Morgan fingerprint density at radius 3 is 2.67 bits per heavy atom. The van der Waals surface area contributed by atoms with Crippen LogP contribution < -0.4 is 5.32 Å². The van der Waals surface area contributed by atoms with Gasteiger partial charge in [-0.1, -0.05) is 41.9 Å². The molecule has 1 aromatic rings. The molecule has 1 aromatic carbocycles. The zero-order chi connectivity index (χ0) is 15.1. The SMILES string of the molecule is CC(C)NCC(CCC1CCCO1)Cc1ccc(Br)cc1. The van der Waals surface area contributed by atoms with Crippen molar-refractivity contribution in [1.82, 2.24) is 5.32 Å². The quantitative estimate of drug-likeness (QED) is 0.739. The first-order valence-electron chi connectivity index (χ1n) is 8.23. The molecule has 2 atom stereocenters. The highest BCUT2D eigenvalue weighted by atomic mass is 79.9. The molecule has 0 amide bonds. The first-order chi connectivity index (χ1) is 10.1. The van der Waals surface area contributed by atoms with Crippen LogP contribution >= 0.6 is 15.9 Å². The van der Waals surface area contributed by atoms with Crippen LogP contribution in [0.25, 0.3) is 0 Å². The lowest BCUT2D eigenvalue weighted by molar-refractivity contribution is 0.0978. The maximum atomic E-state index is 5.77. The molecule has 1 N–H and O–H groups in total. The van der Waals surface area contributed by atoms with Crippen LogP contribution in [0, 0.1) is 5.92 Å². The van der Waals surface area contributed by atoms with Crippen molar-refractivity contribution < 1.29 is 4.74 Å². The summed E-state index contributed by atoms with van der Waals surface area (Å²) in [5.74, 6) is 0.692. The van der Waals surface area contributed by atoms with Crippen LogP contribution in [-0.4, -0.2) is 25.3 Å². The van der Waals surface area contributed by atoms with Gasteiger partial charge in [-0.2, -0.15) is 0 Å². The maximum Gasteiger partial charge on any atom is 0.0576 e. The molecule has 2 rings (SSSR count). The van der Waals surface area contributed by atoms with Crippen molar-refractivity contribution in [2.24, 2.45) is 5.92 Å². The molecule has 2 nitrogen and oxygen atoms in total. The summed E-state index contributed by atoms with van der Waals surface area (Å²) in [6, 6.07) is 9.31. The van der Waals surface area contributed by atoms with Crippen molar-refractivity contribution in [3.8, 4) is 0 Å². The van der Waals surface area contributed by atoms with Crippen molar-refractivity contribution in [3.63, 3.8) is 0 Å². The van der Waals surface area contributed by atoms with Gasteiger partial charge in [-0.25, -0.2) is 0 Å². The lowest BCUT2D eigenvalue weighted by atomic mass is 9.92. The fourth-order valence-corrected chi connectivity index (χ4v) is 3.19. The molecule has 118 valence electrons. The summed E-state index contributed by atoms with van der Waals surface area (Å²) in [5.41, 5.74) is 1.43. The van der Waals surface area contributed by atoms with E-state index < -0.39 is 0 Å². The monoisotopic (exact) mass is 353 g/mol. The number of benzene rings is 1. The minimum atomic E-state index is 0.511. The average molecular weight is 354 g/mol. The second kappa shape index (κ2) is 8.92. The van der Waals surface area contributed by atoms with Gasteiger partial charge in [0.15, 0.2) is 0 Å². The number of halogens is 1. The molecule has 0 aromatic heterocycles. The van der Waals surface area contributed by atoms with Gasteiger partial charge in [0.25, 0.3) is 0 Å². The number of hydrogen-bond donors (Lipinski definition) is 1. The van der Waals surface area contributed by atoms with Crippen LogP contribution in [0.2, 0.25) is 0 Å². The summed E-state index contributed by atoms with van der Waals surface area (Å²) in [6.45, 7) is 6.50. The van der Waals surface area contributed by atoms with Crippen molar-refractivity contribution >= 4 is 15.9 Å². The summed E-state index contributed by atoms with van der Waals surface area (Å²) in [7, 11) is 0. The molecule has 0 bridgehead atoms. The van der Waals surface area contributed by atoms with Crippen LogP contribution in [0.4, 0.5) is 0 Å². The van der Waals surface area contributed by atoms with Crippen LogP contribution in [-0.2, 0) is 11.2 Å². The summed E-state index contributed by atoms with van der Waals surface area (Å²) in [6.07, 6.45) is 6.62. The van der Waals surface area contributed by atoms with Crippen LogP contribution in [0.15, 0.2) is 28.7 Å². The molecule has 0 radical (unpaired) electrons. The zero-order valence-electron chi connectivity index (χ0n) is 13.3. The Hall–Kier alpha value is -0.380. The fraction of sp³-hybridized carbons (Fsp3) is 0.667. The Bertz CT molecular complexity index is 398. The van der Waals surface area contributed by atoms with E-state index in [1.807, 2.05) is 0 Å². The average Bonchev–Trinajstić information content (AvgIpc) is 2.97. The molecule has 0 saturated carbocycles. The molecule has 1 fully saturated rings. The van der Waals surface area contributed by atoms with Gasteiger partial charge in [0.1, 0.15) is 0 Å². The van der Waals surface area contributed by atoms with Gasteiger partial charge in [0, 0.05) is 17.1 Å². The Labute approximate surface area is 137 Å². The Morgan fingerprint density at radius 2 is 2.05 bits per heavy atom. The predicted molar refractivity (Wildman–Crippen MR) is 92.7 cm³/mol. The zero-order valence-corrected chi connectivity index (χ0v) is 14.9. The van der Waals surface area contributed by atoms with E-state index in [-0.39, 0.29) is 0 Å². The predicted octanol–water partition coefficient (Wildman–Crippen LogP) is 4.57. The Balaban J connectivity index is 1.85. The minimum Gasteiger partial charge on any atom is -0.378 e. The molecule has 21 heavy (non-hydrogen) atoms. The molecule has 2 unspecified atom stereocenters. The summed E-state index contributed by atoms with van der Waals surface area (Å²) >= 11 is 3.51. The molecule has 1 saturated heterocycles. The third-order valence-electron chi connectivity index (χ3n) is 4.17. The largest absolute Gasteiger partial charge is 0.378 e. The Morgan fingerprint density at radius 1 is 1.29 bits per heavy atom. The molecule has 0 aliphatic carbocycles. The van der Waals surface area contributed by atoms with Crippen LogP contribution in [0.5, 0.6) is 0 Å². The van der Waals surface area contributed by atoms with Crippen molar-refractivity contribution in [3.05, 3.63) is 34.3 Å². The summed E-state index contributed by atoms with van der Waals surface area (Å²) in [4.78, 5) is 0.